The number of alkyl halides is 3. The zero-order valence-electron chi connectivity index (χ0n) is 10.3. The Morgan fingerprint density at radius 3 is 2.50 bits per heavy atom. The third-order valence-electron chi connectivity index (χ3n) is 3.19. The fraction of sp³-hybridized carbons (Fsp3) is 0.545. The van der Waals surface area contributed by atoms with E-state index in [1.165, 1.54) is 13.0 Å². The van der Waals surface area contributed by atoms with E-state index in [-0.39, 0.29) is 5.69 Å². The van der Waals surface area contributed by atoms with E-state index in [2.05, 4.69) is 9.68 Å². The summed E-state index contributed by atoms with van der Waals surface area (Å²) in [6.07, 6.45) is -4.67. The summed E-state index contributed by atoms with van der Waals surface area (Å²) in [7, 11) is 0. The van der Waals surface area contributed by atoms with Crippen molar-refractivity contribution in [1.29, 1.82) is 0 Å². The molecule has 1 aliphatic heterocycles. The van der Waals surface area contributed by atoms with Crippen molar-refractivity contribution < 1.29 is 32.4 Å². The monoisotopic (exact) mass is 292 g/mol. The van der Waals surface area contributed by atoms with Gasteiger partial charge < -0.3 is 14.5 Å². The van der Waals surface area contributed by atoms with Crippen LogP contribution in [-0.4, -0.2) is 46.3 Å². The van der Waals surface area contributed by atoms with Crippen molar-refractivity contribution in [2.24, 2.45) is 11.8 Å². The molecule has 0 unspecified atom stereocenters. The molecule has 0 radical (unpaired) electrons. The van der Waals surface area contributed by atoms with Crippen molar-refractivity contribution in [1.82, 2.24) is 10.1 Å². The second kappa shape index (κ2) is 4.80. The van der Waals surface area contributed by atoms with Crippen molar-refractivity contribution in [2.75, 3.05) is 13.1 Å². The summed E-state index contributed by atoms with van der Waals surface area (Å²) in [5, 5.41) is 12.3. The topological polar surface area (TPSA) is 83.6 Å². The van der Waals surface area contributed by atoms with Crippen LogP contribution in [0.1, 0.15) is 16.2 Å². The molecule has 0 bridgehead atoms. The highest BCUT2D eigenvalue weighted by Crippen LogP contribution is 2.38. The molecule has 1 aliphatic rings. The van der Waals surface area contributed by atoms with Gasteiger partial charge in [-0.1, -0.05) is 5.16 Å². The molecule has 1 N–H and O–H groups in total. The Labute approximate surface area is 111 Å². The predicted octanol–water partition coefficient (Wildman–Crippen LogP) is 1.32. The summed E-state index contributed by atoms with van der Waals surface area (Å²) in [6, 6.07) is 1.29. The Morgan fingerprint density at radius 1 is 1.45 bits per heavy atom. The molecule has 2 heterocycles. The van der Waals surface area contributed by atoms with Crippen molar-refractivity contribution in [3.05, 3.63) is 17.5 Å². The number of aliphatic carboxylic acids is 1. The number of carbonyl (C=O) groups excluding carboxylic acids is 1. The average molecular weight is 292 g/mol. The van der Waals surface area contributed by atoms with Crippen LogP contribution in [0.4, 0.5) is 13.2 Å². The van der Waals surface area contributed by atoms with Crippen LogP contribution in [0.25, 0.3) is 0 Å². The lowest BCUT2D eigenvalue weighted by Gasteiger charge is -2.17. The molecule has 20 heavy (non-hydrogen) atoms. The Hall–Kier alpha value is -2.06. The van der Waals surface area contributed by atoms with E-state index in [1.807, 2.05) is 0 Å². The summed E-state index contributed by atoms with van der Waals surface area (Å²) in [6.45, 7) is 0.349. The van der Waals surface area contributed by atoms with Gasteiger partial charge in [0, 0.05) is 19.2 Å². The van der Waals surface area contributed by atoms with E-state index in [9.17, 15) is 22.8 Å². The van der Waals surface area contributed by atoms with Gasteiger partial charge in [-0.25, -0.2) is 0 Å². The van der Waals surface area contributed by atoms with Crippen LogP contribution < -0.4 is 0 Å². The molecular weight excluding hydrogens is 281 g/mol. The zero-order chi connectivity index (χ0) is 15.1. The van der Waals surface area contributed by atoms with Crippen molar-refractivity contribution >= 4 is 11.9 Å². The molecule has 1 aromatic heterocycles. The number of nitrogens with zero attached hydrogens (tertiary/aromatic N) is 2. The molecule has 0 saturated carbocycles. The minimum atomic E-state index is -4.67. The molecule has 6 nitrogen and oxygen atoms in total. The fourth-order valence-corrected chi connectivity index (χ4v) is 2.18. The minimum Gasteiger partial charge on any atom is -0.481 e. The van der Waals surface area contributed by atoms with Gasteiger partial charge in [0.15, 0.2) is 5.69 Å². The maximum absolute atomic E-state index is 12.8. The lowest BCUT2D eigenvalue weighted by Crippen LogP contribution is -2.34. The number of hydrogen-bond donors (Lipinski definition) is 1. The molecule has 1 fully saturated rings. The van der Waals surface area contributed by atoms with E-state index in [1.54, 1.807) is 0 Å². The van der Waals surface area contributed by atoms with Crippen LogP contribution in [0.2, 0.25) is 0 Å². The van der Waals surface area contributed by atoms with Crippen LogP contribution >= 0.6 is 0 Å². The van der Waals surface area contributed by atoms with Crippen LogP contribution in [0.5, 0.6) is 0 Å². The first-order chi connectivity index (χ1) is 9.20. The lowest BCUT2D eigenvalue weighted by molar-refractivity contribution is -0.187. The van der Waals surface area contributed by atoms with Gasteiger partial charge in [-0.15, -0.1) is 0 Å². The number of hydrogen-bond acceptors (Lipinski definition) is 4. The van der Waals surface area contributed by atoms with E-state index < -0.39 is 43.0 Å². The summed E-state index contributed by atoms with van der Waals surface area (Å²) in [5.74, 6) is -5.72. The molecule has 2 rings (SSSR count). The minimum absolute atomic E-state index is 0.130. The summed E-state index contributed by atoms with van der Waals surface area (Å²) in [5.41, 5.74) is -0.130. The summed E-state index contributed by atoms with van der Waals surface area (Å²) in [4.78, 5) is 23.7. The van der Waals surface area contributed by atoms with Crippen LogP contribution in [0, 0.1) is 18.8 Å². The molecule has 0 aromatic carbocycles. The highest BCUT2D eigenvalue weighted by Gasteiger charge is 2.53. The third-order valence-corrected chi connectivity index (χ3v) is 3.19. The van der Waals surface area contributed by atoms with Crippen molar-refractivity contribution in [3.8, 4) is 0 Å². The molecule has 2 atom stereocenters. The number of aryl methyl sites for hydroxylation is 1. The van der Waals surface area contributed by atoms with Gasteiger partial charge in [-0.05, 0) is 6.92 Å². The van der Waals surface area contributed by atoms with E-state index in [0.29, 0.717) is 5.76 Å². The first-order valence-corrected chi connectivity index (χ1v) is 5.72. The number of carboxylic acids is 1. The first kappa shape index (κ1) is 14.4. The number of carbonyl (C=O) groups is 2. The normalized spacial score (nSPS) is 23.1. The number of likely N-dealkylation sites (tertiary alicyclic amines) is 1. The third kappa shape index (κ3) is 2.61. The van der Waals surface area contributed by atoms with Crippen molar-refractivity contribution in [2.45, 2.75) is 13.1 Å². The van der Waals surface area contributed by atoms with E-state index in [4.69, 9.17) is 5.11 Å². The Morgan fingerprint density at radius 2 is 2.10 bits per heavy atom. The molecule has 9 heteroatoms. The number of carboxylic acid groups (broad SMARTS) is 1. The van der Waals surface area contributed by atoms with Gasteiger partial charge in [-0.2, -0.15) is 13.2 Å². The number of halogens is 3. The van der Waals surface area contributed by atoms with Crippen LogP contribution in [0.15, 0.2) is 10.6 Å². The van der Waals surface area contributed by atoms with Gasteiger partial charge in [0.2, 0.25) is 0 Å². The van der Waals surface area contributed by atoms with Gasteiger partial charge >= 0.3 is 12.1 Å². The Kier molecular flexibility index (Phi) is 3.45. The Bertz CT molecular complexity index is 540. The van der Waals surface area contributed by atoms with Crippen molar-refractivity contribution in [3.63, 3.8) is 0 Å². The van der Waals surface area contributed by atoms with Crippen LogP contribution in [-0.2, 0) is 4.79 Å². The highest BCUT2D eigenvalue weighted by molar-refractivity contribution is 5.93. The average Bonchev–Trinajstić information content (AvgIpc) is 2.93. The fourth-order valence-electron chi connectivity index (χ4n) is 2.18. The Balaban J connectivity index is 2.20. The number of rotatable bonds is 2. The zero-order valence-corrected chi connectivity index (χ0v) is 10.3. The highest BCUT2D eigenvalue weighted by atomic mass is 19.4. The largest absolute Gasteiger partial charge is 0.481 e. The predicted molar refractivity (Wildman–Crippen MR) is 57.8 cm³/mol. The molecule has 1 aromatic rings. The maximum Gasteiger partial charge on any atom is 0.394 e. The van der Waals surface area contributed by atoms with E-state index >= 15 is 0 Å². The molecule has 1 saturated heterocycles. The molecule has 110 valence electrons. The molecule has 0 aliphatic carbocycles. The lowest BCUT2D eigenvalue weighted by atomic mass is 9.96. The standard InChI is InChI=1S/C11H11F3N2O4/c1-5-2-8(15-20-5)9(17)16-3-6(10(18)19)7(4-16)11(12,13)14/h2,6-7H,3-4H2,1H3,(H,18,19)/t6-,7-/m1/s1. The maximum atomic E-state index is 12.8. The van der Waals surface area contributed by atoms with Gasteiger partial charge in [0.05, 0.1) is 11.8 Å². The second-order valence-electron chi connectivity index (χ2n) is 4.63. The van der Waals surface area contributed by atoms with Gasteiger partial charge in [0.25, 0.3) is 5.91 Å². The quantitative estimate of drug-likeness (QED) is 0.888. The smallest absolute Gasteiger partial charge is 0.394 e. The van der Waals surface area contributed by atoms with Gasteiger partial charge in [0.1, 0.15) is 5.76 Å². The molecule has 0 spiro atoms. The van der Waals surface area contributed by atoms with Crippen LogP contribution in [0.3, 0.4) is 0 Å². The second-order valence-corrected chi connectivity index (χ2v) is 4.63. The SMILES string of the molecule is Cc1cc(C(=O)N2C[C@@H](C(F)(F)F)[C@H](C(=O)O)C2)no1. The summed E-state index contributed by atoms with van der Waals surface area (Å²) >= 11 is 0. The number of amides is 1. The number of aromatic nitrogens is 1. The summed E-state index contributed by atoms with van der Waals surface area (Å²) < 4.78 is 43.0. The molecule has 1 amide bonds. The van der Waals surface area contributed by atoms with Gasteiger partial charge in [-0.3, -0.25) is 9.59 Å². The first-order valence-electron chi connectivity index (χ1n) is 5.72. The van der Waals surface area contributed by atoms with E-state index in [0.717, 1.165) is 4.90 Å². The molecular formula is C11H11F3N2O4.